The smallest absolute Gasteiger partial charge is 0.321 e. The van der Waals surface area contributed by atoms with Crippen molar-refractivity contribution in [1.82, 2.24) is 10.2 Å². The summed E-state index contributed by atoms with van der Waals surface area (Å²) >= 11 is 0. The van der Waals surface area contributed by atoms with Gasteiger partial charge >= 0.3 is 6.03 Å². The summed E-state index contributed by atoms with van der Waals surface area (Å²) in [7, 11) is 0. The lowest BCUT2D eigenvalue weighted by molar-refractivity contribution is 0.182. The van der Waals surface area contributed by atoms with E-state index in [1.54, 1.807) is 0 Å². The second-order valence-electron chi connectivity index (χ2n) is 6.36. The summed E-state index contributed by atoms with van der Waals surface area (Å²) in [5.41, 5.74) is 2.06. The first-order valence-corrected chi connectivity index (χ1v) is 7.93. The molecule has 2 N–H and O–H groups in total. The second-order valence-corrected chi connectivity index (χ2v) is 6.36. The number of amides is 2. The van der Waals surface area contributed by atoms with Crippen LogP contribution >= 0.6 is 0 Å². The molecule has 1 aliphatic heterocycles. The van der Waals surface area contributed by atoms with Gasteiger partial charge in [0.25, 0.3) is 0 Å². The molecule has 0 radical (unpaired) electrons. The van der Waals surface area contributed by atoms with Crippen LogP contribution in [0.4, 0.5) is 10.5 Å². The van der Waals surface area contributed by atoms with Gasteiger partial charge in [0.1, 0.15) is 0 Å². The molecule has 116 valence electrons. The van der Waals surface area contributed by atoms with Gasteiger partial charge in [-0.2, -0.15) is 0 Å². The number of nitrogens with one attached hydrogen (secondary N) is 2. The molecular weight excluding hydrogens is 262 g/mol. The van der Waals surface area contributed by atoms with Crippen LogP contribution in [0.1, 0.15) is 39.2 Å². The van der Waals surface area contributed by atoms with E-state index in [0.29, 0.717) is 12.0 Å². The molecule has 0 aliphatic carbocycles. The van der Waals surface area contributed by atoms with Gasteiger partial charge in [0, 0.05) is 31.4 Å². The summed E-state index contributed by atoms with van der Waals surface area (Å²) in [4.78, 5) is 14.2. The van der Waals surface area contributed by atoms with Crippen molar-refractivity contribution < 1.29 is 4.79 Å². The quantitative estimate of drug-likeness (QED) is 0.891. The Hall–Kier alpha value is -1.55. The van der Waals surface area contributed by atoms with Crippen molar-refractivity contribution in [3.63, 3.8) is 0 Å². The highest BCUT2D eigenvalue weighted by molar-refractivity contribution is 5.89. The van der Waals surface area contributed by atoms with E-state index in [9.17, 15) is 4.79 Å². The summed E-state index contributed by atoms with van der Waals surface area (Å²) in [5, 5.41) is 6.41. The molecule has 1 fully saturated rings. The summed E-state index contributed by atoms with van der Waals surface area (Å²) in [5.74, 6) is 0.603. The van der Waals surface area contributed by atoms with Crippen LogP contribution in [-0.4, -0.2) is 30.1 Å². The Bertz CT molecular complexity index is 473. The monoisotopic (exact) mass is 289 g/mol. The van der Waals surface area contributed by atoms with Gasteiger partial charge in [-0.15, -0.1) is 0 Å². The summed E-state index contributed by atoms with van der Waals surface area (Å²) < 4.78 is 0. The zero-order chi connectivity index (χ0) is 15.2. The van der Waals surface area contributed by atoms with E-state index in [-0.39, 0.29) is 6.03 Å². The maximum Gasteiger partial charge on any atom is 0.321 e. The predicted octanol–water partition coefficient (Wildman–Crippen LogP) is 3.45. The lowest BCUT2D eigenvalue weighted by atomic mass is 10.0. The van der Waals surface area contributed by atoms with Crippen LogP contribution in [-0.2, 0) is 6.54 Å². The number of carbonyl (C=O) groups excluding carboxylic acids is 1. The van der Waals surface area contributed by atoms with E-state index in [4.69, 9.17) is 0 Å². The molecule has 4 heteroatoms. The molecule has 0 spiro atoms. The number of anilines is 1. The van der Waals surface area contributed by atoms with Crippen LogP contribution in [0.3, 0.4) is 0 Å². The van der Waals surface area contributed by atoms with E-state index in [1.807, 2.05) is 23.1 Å². The van der Waals surface area contributed by atoms with E-state index in [0.717, 1.165) is 31.7 Å². The minimum absolute atomic E-state index is 0.0236. The Morgan fingerprint density at radius 1 is 1.43 bits per heavy atom. The maximum absolute atomic E-state index is 12.3. The molecule has 0 saturated carbocycles. The van der Waals surface area contributed by atoms with Crippen molar-refractivity contribution in [1.29, 1.82) is 0 Å². The van der Waals surface area contributed by atoms with Gasteiger partial charge in [0.15, 0.2) is 0 Å². The molecule has 1 aromatic rings. The number of urea groups is 1. The fraction of sp³-hybridized carbons (Fsp3) is 0.588. The molecule has 1 atom stereocenters. The number of carbonyl (C=O) groups is 1. The number of hydrogen-bond donors (Lipinski definition) is 2. The largest absolute Gasteiger partial charge is 0.324 e. The Balaban J connectivity index is 1.92. The third kappa shape index (κ3) is 5.05. The van der Waals surface area contributed by atoms with Gasteiger partial charge in [0.2, 0.25) is 0 Å². The van der Waals surface area contributed by atoms with Crippen molar-refractivity contribution in [2.75, 3.05) is 18.4 Å². The third-order valence-electron chi connectivity index (χ3n) is 3.84. The fourth-order valence-electron chi connectivity index (χ4n) is 2.66. The highest BCUT2D eigenvalue weighted by atomic mass is 16.2. The lowest BCUT2D eigenvalue weighted by Gasteiger charge is -2.31. The van der Waals surface area contributed by atoms with Crippen molar-refractivity contribution >= 4 is 11.7 Å². The van der Waals surface area contributed by atoms with Crippen molar-refractivity contribution in [2.45, 2.75) is 46.2 Å². The highest BCUT2D eigenvalue weighted by Gasteiger charge is 2.20. The Labute approximate surface area is 127 Å². The molecule has 1 aliphatic rings. The molecule has 1 heterocycles. The van der Waals surface area contributed by atoms with Crippen molar-refractivity contribution in [2.24, 2.45) is 5.92 Å². The van der Waals surface area contributed by atoms with Gasteiger partial charge in [-0.05, 0) is 36.5 Å². The van der Waals surface area contributed by atoms with Crippen LogP contribution in [0.2, 0.25) is 0 Å². The van der Waals surface area contributed by atoms with Crippen LogP contribution in [0.5, 0.6) is 0 Å². The second kappa shape index (κ2) is 7.46. The normalized spacial score (nSPS) is 18.9. The Kier molecular flexibility index (Phi) is 5.62. The molecule has 2 amide bonds. The molecule has 0 bridgehead atoms. The summed E-state index contributed by atoms with van der Waals surface area (Å²) in [6, 6.07) is 8.54. The molecule has 1 aromatic carbocycles. The average molecular weight is 289 g/mol. The molecule has 1 saturated heterocycles. The van der Waals surface area contributed by atoms with E-state index < -0.39 is 0 Å². The van der Waals surface area contributed by atoms with Crippen LogP contribution < -0.4 is 10.6 Å². The standard InChI is InChI=1S/C17H27N3O/c1-13(2)18-11-15-7-4-8-16(10-15)19-17(21)20-9-5-6-14(3)12-20/h4,7-8,10,13-14,18H,5-6,9,11-12H2,1-3H3,(H,19,21). The maximum atomic E-state index is 12.3. The first-order chi connectivity index (χ1) is 10.0. The van der Waals surface area contributed by atoms with Gasteiger partial charge < -0.3 is 15.5 Å². The first-order valence-electron chi connectivity index (χ1n) is 7.93. The predicted molar refractivity (Wildman–Crippen MR) is 87.4 cm³/mol. The molecule has 0 aromatic heterocycles. The van der Waals surface area contributed by atoms with Gasteiger partial charge in [-0.25, -0.2) is 4.79 Å². The molecule has 21 heavy (non-hydrogen) atoms. The zero-order valence-electron chi connectivity index (χ0n) is 13.4. The Morgan fingerprint density at radius 3 is 2.95 bits per heavy atom. The van der Waals surface area contributed by atoms with Crippen molar-refractivity contribution in [3.8, 4) is 0 Å². The zero-order valence-corrected chi connectivity index (χ0v) is 13.4. The van der Waals surface area contributed by atoms with Crippen molar-refractivity contribution in [3.05, 3.63) is 29.8 Å². The first kappa shape index (κ1) is 15.8. The number of rotatable bonds is 4. The van der Waals surface area contributed by atoms with Gasteiger partial charge in [0.05, 0.1) is 0 Å². The molecule has 4 nitrogen and oxygen atoms in total. The molecular formula is C17H27N3O. The number of hydrogen-bond acceptors (Lipinski definition) is 2. The Morgan fingerprint density at radius 2 is 2.24 bits per heavy atom. The number of likely N-dealkylation sites (tertiary alicyclic amines) is 1. The molecule has 1 unspecified atom stereocenters. The highest BCUT2D eigenvalue weighted by Crippen LogP contribution is 2.17. The summed E-state index contributed by atoms with van der Waals surface area (Å²) in [6.07, 6.45) is 2.33. The van der Waals surface area contributed by atoms with Crippen LogP contribution in [0.15, 0.2) is 24.3 Å². The average Bonchev–Trinajstić information content (AvgIpc) is 2.45. The SMILES string of the molecule is CC1CCCN(C(=O)Nc2cccc(CNC(C)C)c2)C1. The van der Waals surface area contributed by atoms with Gasteiger partial charge in [-0.1, -0.05) is 32.9 Å². The van der Waals surface area contributed by atoms with E-state index in [2.05, 4.69) is 37.5 Å². The van der Waals surface area contributed by atoms with Gasteiger partial charge in [-0.3, -0.25) is 0 Å². The van der Waals surface area contributed by atoms with Crippen LogP contribution in [0, 0.1) is 5.92 Å². The lowest BCUT2D eigenvalue weighted by Crippen LogP contribution is -2.41. The molecule has 2 rings (SSSR count). The van der Waals surface area contributed by atoms with Crippen LogP contribution in [0.25, 0.3) is 0 Å². The number of benzene rings is 1. The fourth-order valence-corrected chi connectivity index (χ4v) is 2.66. The topological polar surface area (TPSA) is 44.4 Å². The summed E-state index contributed by atoms with van der Waals surface area (Å²) in [6.45, 7) is 9.01. The number of nitrogens with zero attached hydrogens (tertiary/aromatic N) is 1. The van der Waals surface area contributed by atoms with E-state index >= 15 is 0 Å². The minimum Gasteiger partial charge on any atom is -0.324 e. The minimum atomic E-state index is 0.0236. The third-order valence-corrected chi connectivity index (χ3v) is 3.84. The number of piperidine rings is 1. The van der Waals surface area contributed by atoms with E-state index in [1.165, 1.54) is 12.0 Å².